The number of alkyl halides is 1. The highest BCUT2D eigenvalue weighted by atomic mass is 79.9. The van der Waals surface area contributed by atoms with Crippen molar-refractivity contribution in [1.29, 1.82) is 0 Å². The van der Waals surface area contributed by atoms with Crippen molar-refractivity contribution in [3.63, 3.8) is 0 Å². The molecule has 2 nitrogen and oxygen atoms in total. The molecule has 1 aromatic carbocycles. The van der Waals surface area contributed by atoms with Gasteiger partial charge in [0.2, 0.25) is 5.91 Å². The van der Waals surface area contributed by atoms with E-state index in [9.17, 15) is 4.79 Å². The molecule has 16 heavy (non-hydrogen) atoms. The Balaban J connectivity index is 2.36. The molecule has 0 spiro atoms. The van der Waals surface area contributed by atoms with Crippen LogP contribution in [-0.2, 0) is 11.2 Å². The van der Waals surface area contributed by atoms with Crippen molar-refractivity contribution in [2.75, 3.05) is 6.54 Å². The van der Waals surface area contributed by atoms with E-state index in [2.05, 4.69) is 52.4 Å². The lowest BCUT2D eigenvalue weighted by Gasteiger charge is -2.15. The predicted molar refractivity (Wildman–Crippen MR) is 70.9 cm³/mol. The van der Waals surface area contributed by atoms with Gasteiger partial charge in [-0.15, -0.1) is 0 Å². The molecule has 1 aromatic rings. The normalized spacial score (nSPS) is 11.2. The van der Waals surface area contributed by atoms with E-state index in [0.717, 1.165) is 6.42 Å². The first kappa shape index (κ1) is 13.2. The number of carbonyl (C=O) groups is 1. The van der Waals surface area contributed by atoms with Gasteiger partial charge in [-0.3, -0.25) is 4.79 Å². The second kappa shape index (κ2) is 5.48. The van der Waals surface area contributed by atoms with Gasteiger partial charge in [-0.25, -0.2) is 0 Å². The van der Waals surface area contributed by atoms with Gasteiger partial charge in [0.05, 0.1) is 4.32 Å². The van der Waals surface area contributed by atoms with Gasteiger partial charge >= 0.3 is 0 Å². The first-order chi connectivity index (χ1) is 7.39. The van der Waals surface area contributed by atoms with Crippen LogP contribution in [-0.4, -0.2) is 16.8 Å². The molecule has 0 bridgehead atoms. The van der Waals surface area contributed by atoms with E-state index in [0.29, 0.717) is 6.54 Å². The highest BCUT2D eigenvalue weighted by molar-refractivity contribution is 9.10. The van der Waals surface area contributed by atoms with Crippen LogP contribution in [0, 0.1) is 6.92 Å². The van der Waals surface area contributed by atoms with Crippen LogP contribution in [0.1, 0.15) is 25.0 Å². The van der Waals surface area contributed by atoms with Crippen LogP contribution in [0.25, 0.3) is 0 Å². The average Bonchev–Trinajstić information content (AvgIpc) is 2.19. The van der Waals surface area contributed by atoms with Crippen LogP contribution in [0.2, 0.25) is 0 Å². The second-order valence-electron chi connectivity index (χ2n) is 4.46. The molecular weight excluding hydrogens is 266 g/mol. The standard InChI is InChI=1S/C13H18BrNO/c1-10-4-6-11(7-5-10)8-9-15-12(16)13(2,3)14/h4-7H,8-9H2,1-3H3,(H,15,16). The summed E-state index contributed by atoms with van der Waals surface area (Å²) < 4.78 is -0.486. The molecule has 0 radical (unpaired) electrons. The molecule has 0 heterocycles. The number of benzene rings is 1. The summed E-state index contributed by atoms with van der Waals surface area (Å²) in [5, 5.41) is 2.90. The molecule has 0 aromatic heterocycles. The Labute approximate surface area is 106 Å². The Morgan fingerprint density at radius 2 is 1.88 bits per heavy atom. The van der Waals surface area contributed by atoms with Crippen LogP contribution in [0.3, 0.4) is 0 Å². The van der Waals surface area contributed by atoms with Crippen molar-refractivity contribution in [3.8, 4) is 0 Å². The molecule has 0 atom stereocenters. The monoisotopic (exact) mass is 283 g/mol. The van der Waals surface area contributed by atoms with Gasteiger partial charge in [0.1, 0.15) is 0 Å². The maximum atomic E-state index is 11.6. The van der Waals surface area contributed by atoms with E-state index >= 15 is 0 Å². The molecule has 1 amide bonds. The molecule has 0 saturated carbocycles. The zero-order valence-electron chi connectivity index (χ0n) is 10.0. The van der Waals surface area contributed by atoms with Gasteiger partial charge in [0.15, 0.2) is 0 Å². The Morgan fingerprint density at radius 1 is 1.31 bits per heavy atom. The largest absolute Gasteiger partial charge is 0.355 e. The topological polar surface area (TPSA) is 29.1 Å². The number of rotatable bonds is 4. The minimum Gasteiger partial charge on any atom is -0.355 e. The Bertz CT molecular complexity index is 351. The van der Waals surface area contributed by atoms with Crippen LogP contribution in [0.4, 0.5) is 0 Å². The quantitative estimate of drug-likeness (QED) is 0.846. The van der Waals surface area contributed by atoms with E-state index in [1.165, 1.54) is 11.1 Å². The van der Waals surface area contributed by atoms with Crippen molar-refractivity contribution >= 4 is 21.8 Å². The van der Waals surface area contributed by atoms with Crippen molar-refractivity contribution < 1.29 is 4.79 Å². The summed E-state index contributed by atoms with van der Waals surface area (Å²) in [6, 6.07) is 8.37. The summed E-state index contributed by atoms with van der Waals surface area (Å²) in [5.41, 5.74) is 2.51. The summed E-state index contributed by atoms with van der Waals surface area (Å²) in [7, 11) is 0. The van der Waals surface area contributed by atoms with Gasteiger partial charge in [-0.05, 0) is 32.8 Å². The molecule has 88 valence electrons. The number of aryl methyl sites for hydroxylation is 1. The molecule has 0 fully saturated rings. The molecule has 1 rings (SSSR count). The minimum absolute atomic E-state index is 0.0274. The Morgan fingerprint density at radius 3 is 2.38 bits per heavy atom. The number of halogens is 1. The van der Waals surface area contributed by atoms with Crippen molar-refractivity contribution in [1.82, 2.24) is 5.32 Å². The van der Waals surface area contributed by atoms with Gasteiger partial charge in [-0.1, -0.05) is 45.8 Å². The number of hydrogen-bond donors (Lipinski definition) is 1. The van der Waals surface area contributed by atoms with Crippen LogP contribution >= 0.6 is 15.9 Å². The summed E-state index contributed by atoms with van der Waals surface area (Å²) in [5.74, 6) is 0.0274. The van der Waals surface area contributed by atoms with Gasteiger partial charge in [-0.2, -0.15) is 0 Å². The molecule has 0 aliphatic heterocycles. The summed E-state index contributed by atoms with van der Waals surface area (Å²) in [6.45, 7) is 6.43. The third-order valence-electron chi connectivity index (χ3n) is 2.36. The lowest BCUT2D eigenvalue weighted by Crippen LogP contribution is -2.38. The summed E-state index contributed by atoms with van der Waals surface area (Å²) in [4.78, 5) is 11.6. The van der Waals surface area contributed by atoms with E-state index in [1.807, 2.05) is 13.8 Å². The smallest absolute Gasteiger partial charge is 0.236 e. The number of nitrogens with one attached hydrogen (secondary N) is 1. The van der Waals surface area contributed by atoms with Gasteiger partial charge < -0.3 is 5.32 Å². The lowest BCUT2D eigenvalue weighted by molar-refractivity contribution is -0.122. The average molecular weight is 284 g/mol. The van der Waals surface area contributed by atoms with Gasteiger partial charge in [0, 0.05) is 6.54 Å². The first-order valence-corrected chi connectivity index (χ1v) is 6.21. The third-order valence-corrected chi connectivity index (χ3v) is 2.72. The molecule has 1 N–H and O–H groups in total. The maximum absolute atomic E-state index is 11.6. The Hall–Kier alpha value is -0.830. The first-order valence-electron chi connectivity index (χ1n) is 5.42. The van der Waals surface area contributed by atoms with Gasteiger partial charge in [0.25, 0.3) is 0 Å². The zero-order valence-corrected chi connectivity index (χ0v) is 11.6. The molecule has 3 heteroatoms. The lowest BCUT2D eigenvalue weighted by atomic mass is 10.1. The van der Waals surface area contributed by atoms with Crippen LogP contribution in [0.15, 0.2) is 24.3 Å². The SMILES string of the molecule is Cc1ccc(CCNC(=O)C(C)(C)Br)cc1. The van der Waals surface area contributed by atoms with Crippen LogP contribution < -0.4 is 5.32 Å². The summed E-state index contributed by atoms with van der Waals surface area (Å²) in [6.07, 6.45) is 0.870. The fourth-order valence-corrected chi connectivity index (χ4v) is 1.43. The van der Waals surface area contributed by atoms with E-state index in [1.54, 1.807) is 0 Å². The van der Waals surface area contributed by atoms with E-state index < -0.39 is 4.32 Å². The van der Waals surface area contributed by atoms with Crippen LogP contribution in [0.5, 0.6) is 0 Å². The molecule has 0 unspecified atom stereocenters. The van der Waals surface area contributed by atoms with E-state index in [-0.39, 0.29) is 5.91 Å². The maximum Gasteiger partial charge on any atom is 0.236 e. The predicted octanol–water partition coefficient (Wildman–Crippen LogP) is 2.83. The number of amides is 1. The Kier molecular flexibility index (Phi) is 4.54. The van der Waals surface area contributed by atoms with Crippen molar-refractivity contribution in [3.05, 3.63) is 35.4 Å². The summed E-state index contributed by atoms with van der Waals surface area (Å²) >= 11 is 3.33. The second-order valence-corrected chi connectivity index (χ2v) is 6.45. The fourth-order valence-electron chi connectivity index (χ4n) is 1.29. The van der Waals surface area contributed by atoms with E-state index in [4.69, 9.17) is 0 Å². The zero-order chi connectivity index (χ0) is 12.2. The highest BCUT2D eigenvalue weighted by Gasteiger charge is 2.22. The number of hydrogen-bond acceptors (Lipinski definition) is 1. The highest BCUT2D eigenvalue weighted by Crippen LogP contribution is 2.15. The van der Waals surface area contributed by atoms with Crippen molar-refractivity contribution in [2.24, 2.45) is 0 Å². The minimum atomic E-state index is -0.486. The molecule has 0 saturated heterocycles. The van der Waals surface area contributed by atoms with Crippen molar-refractivity contribution in [2.45, 2.75) is 31.5 Å². The molecule has 0 aliphatic carbocycles. The third kappa shape index (κ3) is 4.35. The molecule has 0 aliphatic rings. The number of carbonyl (C=O) groups excluding carboxylic acids is 1. The fraction of sp³-hybridized carbons (Fsp3) is 0.462. The molecular formula is C13H18BrNO.